The Morgan fingerprint density at radius 3 is 2.56 bits per heavy atom. The van der Waals surface area contributed by atoms with Crippen molar-refractivity contribution in [3.63, 3.8) is 0 Å². The van der Waals surface area contributed by atoms with Crippen molar-refractivity contribution in [3.05, 3.63) is 58.3 Å². The Hall–Kier alpha value is -3.57. The highest BCUT2D eigenvalue weighted by Gasteiger charge is 2.21. The molecule has 3 amide bonds. The maximum atomic E-state index is 13.3. The van der Waals surface area contributed by atoms with Gasteiger partial charge in [-0.05, 0) is 37.3 Å². The van der Waals surface area contributed by atoms with Crippen molar-refractivity contribution in [2.45, 2.75) is 6.92 Å². The average Bonchev–Trinajstić information content (AvgIpc) is 3.24. The third kappa shape index (κ3) is 5.47. The second-order valence-corrected chi connectivity index (χ2v) is 8.19. The van der Waals surface area contributed by atoms with E-state index in [2.05, 4.69) is 20.9 Å². The number of carbonyl (C=O) groups excluding carboxylic acids is 2. The molecule has 0 aliphatic rings. The molecule has 12 heteroatoms. The number of hydrogen-bond acceptors (Lipinski definition) is 7. The van der Waals surface area contributed by atoms with Gasteiger partial charge in [-0.15, -0.1) is 0 Å². The average molecular weight is 533 g/mol. The number of rotatable bonds is 9. The second kappa shape index (κ2) is 11.4. The molecule has 188 valence electrons. The largest absolute Gasteiger partial charge is 0.493 e. The Morgan fingerprint density at radius 1 is 1.06 bits per heavy atom. The summed E-state index contributed by atoms with van der Waals surface area (Å²) in [6.45, 7) is 2.67. The van der Waals surface area contributed by atoms with Crippen molar-refractivity contribution in [2.75, 3.05) is 37.5 Å². The first kappa shape index (κ1) is 25.5. The van der Waals surface area contributed by atoms with Crippen molar-refractivity contribution in [1.82, 2.24) is 10.3 Å². The van der Waals surface area contributed by atoms with Crippen LogP contribution in [-0.4, -0.2) is 43.8 Å². The molecule has 0 aliphatic heterocycles. The lowest BCUT2D eigenvalue weighted by Crippen LogP contribution is -2.31. The fourth-order valence-corrected chi connectivity index (χ4v) is 3.98. The molecule has 0 fully saturated rings. The first-order chi connectivity index (χ1) is 17.4. The van der Waals surface area contributed by atoms with Crippen LogP contribution in [0.15, 0.2) is 47.1 Å². The number of anilines is 2. The standard InChI is InChI=1S/C24H22Cl2N4O6/c1-3-34-35-9-8-28-24(32)29-13-4-6-18-15(10-13)20-14(5-7-19(33-2)22(20)36-18)23(31)30-21-16(25)11-27-12-17(21)26/h4-7,10-12H,3,8-9H2,1-2H3,(H,27,30,31)(H2,28,29,32). The van der Waals surface area contributed by atoms with E-state index in [-0.39, 0.29) is 28.9 Å². The predicted octanol–water partition coefficient (Wildman–Crippen LogP) is 5.64. The van der Waals surface area contributed by atoms with Crippen LogP contribution in [0.1, 0.15) is 17.3 Å². The topological polar surface area (TPSA) is 124 Å². The van der Waals surface area contributed by atoms with Gasteiger partial charge in [-0.25, -0.2) is 14.6 Å². The maximum Gasteiger partial charge on any atom is 0.319 e. The van der Waals surface area contributed by atoms with Crippen molar-refractivity contribution < 1.29 is 28.5 Å². The van der Waals surface area contributed by atoms with E-state index in [0.29, 0.717) is 45.5 Å². The zero-order valence-corrected chi connectivity index (χ0v) is 20.8. The first-order valence-electron chi connectivity index (χ1n) is 10.9. The van der Waals surface area contributed by atoms with Crippen LogP contribution in [0.5, 0.6) is 5.75 Å². The number of methoxy groups -OCH3 is 1. The summed E-state index contributed by atoms with van der Waals surface area (Å²) in [7, 11) is 1.50. The molecule has 3 N–H and O–H groups in total. The molecule has 0 bridgehead atoms. The third-order valence-electron chi connectivity index (χ3n) is 5.07. The summed E-state index contributed by atoms with van der Waals surface area (Å²) in [5.41, 5.74) is 1.90. The minimum Gasteiger partial charge on any atom is -0.493 e. The number of halogens is 2. The lowest BCUT2D eigenvalue weighted by atomic mass is 10.0. The number of aromatic nitrogens is 1. The molecule has 0 saturated carbocycles. The van der Waals surface area contributed by atoms with Crippen molar-refractivity contribution in [2.24, 2.45) is 0 Å². The molecular weight excluding hydrogens is 511 g/mol. The van der Waals surface area contributed by atoms with Gasteiger partial charge in [0.15, 0.2) is 11.3 Å². The van der Waals surface area contributed by atoms with Gasteiger partial charge in [0, 0.05) is 35.4 Å². The number of benzene rings is 2. The van der Waals surface area contributed by atoms with Crippen molar-refractivity contribution in [3.8, 4) is 5.75 Å². The quantitative estimate of drug-likeness (QED) is 0.145. The van der Waals surface area contributed by atoms with E-state index in [1.54, 1.807) is 37.3 Å². The summed E-state index contributed by atoms with van der Waals surface area (Å²) in [6.07, 6.45) is 2.76. The highest BCUT2D eigenvalue weighted by molar-refractivity contribution is 6.40. The summed E-state index contributed by atoms with van der Waals surface area (Å²) in [6, 6.07) is 7.90. The van der Waals surface area contributed by atoms with Gasteiger partial charge in [-0.3, -0.25) is 9.78 Å². The third-order valence-corrected chi connectivity index (χ3v) is 5.64. The van der Waals surface area contributed by atoms with Crippen LogP contribution in [0.2, 0.25) is 10.0 Å². The van der Waals surface area contributed by atoms with Gasteiger partial charge in [0.25, 0.3) is 5.91 Å². The van der Waals surface area contributed by atoms with E-state index in [0.717, 1.165) is 0 Å². The molecule has 0 radical (unpaired) electrons. The molecule has 36 heavy (non-hydrogen) atoms. The van der Waals surface area contributed by atoms with Gasteiger partial charge in [0.1, 0.15) is 5.58 Å². The number of nitrogens with zero attached hydrogens (tertiary/aromatic N) is 1. The SMILES string of the molecule is CCOOCCNC(=O)Nc1ccc2oc3c(OC)ccc(C(=O)Nc4c(Cl)cncc4Cl)c3c2c1. The number of nitrogens with one attached hydrogen (secondary N) is 3. The molecule has 0 aliphatic carbocycles. The molecule has 2 aromatic heterocycles. The van der Waals surface area contributed by atoms with Crippen molar-refractivity contribution in [1.29, 1.82) is 0 Å². The van der Waals surface area contributed by atoms with Gasteiger partial charge in [-0.1, -0.05) is 23.2 Å². The molecule has 10 nitrogen and oxygen atoms in total. The number of urea groups is 1. The smallest absolute Gasteiger partial charge is 0.319 e. The van der Waals surface area contributed by atoms with Gasteiger partial charge in [0.05, 0.1) is 41.6 Å². The number of ether oxygens (including phenoxy) is 1. The van der Waals surface area contributed by atoms with E-state index in [9.17, 15) is 9.59 Å². The number of amides is 3. The van der Waals surface area contributed by atoms with E-state index < -0.39 is 11.9 Å². The first-order valence-corrected chi connectivity index (χ1v) is 11.6. The second-order valence-electron chi connectivity index (χ2n) is 7.37. The predicted molar refractivity (Wildman–Crippen MR) is 137 cm³/mol. The van der Waals surface area contributed by atoms with E-state index in [4.69, 9.17) is 42.1 Å². The normalized spacial score (nSPS) is 11.0. The van der Waals surface area contributed by atoms with Crippen LogP contribution in [0, 0.1) is 0 Å². The molecular formula is C24H22Cl2N4O6. The molecule has 2 aromatic carbocycles. The van der Waals surface area contributed by atoms with Gasteiger partial charge in [-0.2, -0.15) is 0 Å². The fraction of sp³-hybridized carbons (Fsp3) is 0.208. The molecule has 4 aromatic rings. The van der Waals surface area contributed by atoms with Crippen LogP contribution >= 0.6 is 23.2 Å². The minimum atomic E-state index is -0.467. The molecule has 2 heterocycles. The van der Waals surface area contributed by atoms with Crippen LogP contribution in [0.25, 0.3) is 21.9 Å². The zero-order chi connectivity index (χ0) is 25.7. The lowest BCUT2D eigenvalue weighted by Gasteiger charge is -2.11. The van der Waals surface area contributed by atoms with Gasteiger partial charge >= 0.3 is 6.03 Å². The molecule has 0 saturated heterocycles. The highest BCUT2D eigenvalue weighted by Crippen LogP contribution is 2.39. The van der Waals surface area contributed by atoms with Crippen LogP contribution in [-0.2, 0) is 9.78 Å². The van der Waals surface area contributed by atoms with E-state index in [1.165, 1.54) is 19.5 Å². The summed E-state index contributed by atoms with van der Waals surface area (Å²) >= 11 is 12.3. The van der Waals surface area contributed by atoms with Gasteiger partial charge < -0.3 is 25.1 Å². The Labute approximate surface area is 215 Å². The number of furan rings is 1. The molecule has 0 atom stereocenters. The summed E-state index contributed by atoms with van der Waals surface area (Å²) in [5, 5.41) is 9.63. The molecule has 0 spiro atoms. The zero-order valence-electron chi connectivity index (χ0n) is 19.3. The Balaban J connectivity index is 1.66. The Morgan fingerprint density at radius 2 is 1.83 bits per heavy atom. The minimum absolute atomic E-state index is 0.196. The maximum absolute atomic E-state index is 13.3. The Bertz CT molecular complexity index is 1400. The highest BCUT2D eigenvalue weighted by atomic mass is 35.5. The van der Waals surface area contributed by atoms with Crippen molar-refractivity contribution >= 4 is 68.5 Å². The number of hydrogen-bond donors (Lipinski definition) is 3. The lowest BCUT2D eigenvalue weighted by molar-refractivity contribution is -0.289. The summed E-state index contributed by atoms with van der Waals surface area (Å²) < 4.78 is 11.4. The summed E-state index contributed by atoms with van der Waals surface area (Å²) in [5.74, 6) is -0.0231. The monoisotopic (exact) mass is 532 g/mol. The number of pyridine rings is 1. The molecule has 4 rings (SSSR count). The Kier molecular flexibility index (Phi) is 8.11. The van der Waals surface area contributed by atoms with Gasteiger partial charge in [0.2, 0.25) is 0 Å². The van der Waals surface area contributed by atoms with Crippen LogP contribution in [0.3, 0.4) is 0 Å². The number of carbonyl (C=O) groups is 2. The fourth-order valence-electron chi connectivity index (χ4n) is 3.52. The van der Waals surface area contributed by atoms with Crippen LogP contribution in [0.4, 0.5) is 16.2 Å². The van der Waals surface area contributed by atoms with E-state index in [1.807, 2.05) is 0 Å². The molecule has 0 unspecified atom stereocenters. The number of fused-ring (bicyclic) bond motifs is 3. The van der Waals surface area contributed by atoms with E-state index >= 15 is 0 Å². The summed E-state index contributed by atoms with van der Waals surface area (Å²) in [4.78, 5) is 39.1. The van der Waals surface area contributed by atoms with Crippen LogP contribution < -0.4 is 20.7 Å².